The lowest BCUT2D eigenvalue weighted by molar-refractivity contribution is 0.901. The van der Waals surface area contributed by atoms with Crippen LogP contribution < -0.4 is 5.32 Å². The minimum atomic E-state index is 0.820. The molecule has 0 fully saturated rings. The van der Waals surface area contributed by atoms with Gasteiger partial charge in [-0.1, -0.05) is 15.9 Å². The molecule has 0 spiro atoms. The second-order valence-corrected chi connectivity index (χ2v) is 4.44. The second-order valence-electron chi connectivity index (χ2n) is 3.52. The Balaban J connectivity index is 1.82. The van der Waals surface area contributed by atoms with Crippen LogP contribution in [-0.2, 0) is 6.42 Å². The predicted octanol–water partition coefficient (Wildman–Crippen LogP) is 2.53. The van der Waals surface area contributed by atoms with Crippen LogP contribution >= 0.6 is 15.9 Å². The third-order valence-corrected chi connectivity index (χ3v) is 2.69. The van der Waals surface area contributed by atoms with E-state index in [9.17, 15) is 0 Å². The molecular weight excluding hydrogens is 268 g/mol. The number of aromatic amines is 1. The Kier molecular flexibility index (Phi) is 3.56. The molecule has 1 aromatic heterocycles. The molecule has 2 aromatic rings. The van der Waals surface area contributed by atoms with Crippen molar-refractivity contribution < 1.29 is 0 Å². The summed E-state index contributed by atoms with van der Waals surface area (Å²) in [6.07, 6.45) is 0.820. The van der Waals surface area contributed by atoms with Crippen LogP contribution in [0.15, 0.2) is 28.7 Å². The Morgan fingerprint density at radius 2 is 2.06 bits per heavy atom. The van der Waals surface area contributed by atoms with Crippen LogP contribution in [0.4, 0.5) is 5.69 Å². The van der Waals surface area contributed by atoms with Gasteiger partial charge in [0, 0.05) is 23.1 Å². The van der Waals surface area contributed by atoms with Gasteiger partial charge < -0.3 is 5.32 Å². The summed E-state index contributed by atoms with van der Waals surface area (Å²) in [6, 6.07) is 8.10. The highest BCUT2D eigenvalue weighted by Crippen LogP contribution is 2.13. The highest BCUT2D eigenvalue weighted by atomic mass is 79.9. The van der Waals surface area contributed by atoms with Crippen LogP contribution in [0.5, 0.6) is 0 Å². The fraction of sp³-hybridized carbons (Fsp3) is 0.273. The van der Waals surface area contributed by atoms with Crippen LogP contribution in [0.1, 0.15) is 11.6 Å². The van der Waals surface area contributed by atoms with Crippen molar-refractivity contribution in [2.45, 2.75) is 13.3 Å². The third kappa shape index (κ3) is 3.06. The van der Waals surface area contributed by atoms with Crippen molar-refractivity contribution in [3.05, 3.63) is 40.4 Å². The van der Waals surface area contributed by atoms with E-state index in [0.29, 0.717) is 0 Å². The zero-order valence-electron chi connectivity index (χ0n) is 9.00. The van der Waals surface area contributed by atoms with Crippen molar-refractivity contribution in [2.75, 3.05) is 11.9 Å². The summed E-state index contributed by atoms with van der Waals surface area (Å²) < 4.78 is 1.09. The number of anilines is 1. The molecule has 0 amide bonds. The van der Waals surface area contributed by atoms with Crippen LogP contribution in [0.2, 0.25) is 0 Å². The monoisotopic (exact) mass is 280 g/mol. The number of aryl methyl sites for hydroxylation is 1. The van der Waals surface area contributed by atoms with Crippen molar-refractivity contribution in [1.82, 2.24) is 15.2 Å². The van der Waals surface area contributed by atoms with Gasteiger partial charge in [-0.05, 0) is 31.2 Å². The van der Waals surface area contributed by atoms with Gasteiger partial charge in [0.15, 0.2) is 5.82 Å². The number of hydrogen-bond acceptors (Lipinski definition) is 3. The van der Waals surface area contributed by atoms with Crippen molar-refractivity contribution in [3.8, 4) is 0 Å². The second kappa shape index (κ2) is 5.12. The van der Waals surface area contributed by atoms with Gasteiger partial charge in [-0.25, -0.2) is 4.98 Å². The number of rotatable bonds is 4. The fourth-order valence-electron chi connectivity index (χ4n) is 1.39. The number of H-pyrrole nitrogens is 1. The molecule has 0 radical (unpaired) electrons. The first-order valence-electron chi connectivity index (χ1n) is 5.11. The molecule has 16 heavy (non-hydrogen) atoms. The van der Waals surface area contributed by atoms with Gasteiger partial charge in [0.25, 0.3) is 0 Å². The fourth-order valence-corrected chi connectivity index (χ4v) is 1.65. The van der Waals surface area contributed by atoms with Gasteiger partial charge in [0.2, 0.25) is 0 Å². The van der Waals surface area contributed by atoms with E-state index in [4.69, 9.17) is 0 Å². The predicted molar refractivity (Wildman–Crippen MR) is 67.5 cm³/mol. The number of halogens is 1. The maximum atomic E-state index is 4.24. The highest BCUT2D eigenvalue weighted by molar-refractivity contribution is 9.10. The zero-order valence-corrected chi connectivity index (χ0v) is 10.6. The Morgan fingerprint density at radius 1 is 1.31 bits per heavy atom. The Bertz CT molecular complexity index is 449. The number of nitrogens with one attached hydrogen (secondary N) is 2. The van der Waals surface area contributed by atoms with E-state index >= 15 is 0 Å². The van der Waals surface area contributed by atoms with E-state index < -0.39 is 0 Å². The molecule has 0 saturated carbocycles. The van der Waals surface area contributed by atoms with Gasteiger partial charge in [-0.2, -0.15) is 5.10 Å². The highest BCUT2D eigenvalue weighted by Gasteiger charge is 1.99. The minimum absolute atomic E-state index is 0.820. The third-order valence-electron chi connectivity index (χ3n) is 2.17. The lowest BCUT2D eigenvalue weighted by atomic mass is 10.3. The first-order valence-corrected chi connectivity index (χ1v) is 5.90. The molecule has 0 unspecified atom stereocenters. The maximum absolute atomic E-state index is 4.24. The van der Waals surface area contributed by atoms with Crippen molar-refractivity contribution in [3.63, 3.8) is 0 Å². The van der Waals surface area contributed by atoms with Gasteiger partial charge in [-0.15, -0.1) is 0 Å². The van der Waals surface area contributed by atoms with E-state index in [2.05, 4.69) is 36.4 Å². The molecule has 5 heteroatoms. The summed E-state index contributed by atoms with van der Waals surface area (Å²) in [6.45, 7) is 2.73. The molecule has 2 rings (SSSR count). The van der Waals surface area contributed by atoms with Gasteiger partial charge in [0.1, 0.15) is 5.82 Å². The molecule has 84 valence electrons. The topological polar surface area (TPSA) is 53.6 Å². The van der Waals surface area contributed by atoms with E-state index in [1.165, 1.54) is 0 Å². The molecular formula is C11H13BrN4. The van der Waals surface area contributed by atoms with Crippen LogP contribution in [0, 0.1) is 6.92 Å². The van der Waals surface area contributed by atoms with Gasteiger partial charge in [0.05, 0.1) is 0 Å². The van der Waals surface area contributed by atoms with Crippen molar-refractivity contribution in [1.29, 1.82) is 0 Å². The SMILES string of the molecule is Cc1nc(CCNc2ccc(Br)cc2)n[nH]1. The van der Waals surface area contributed by atoms with Gasteiger partial charge in [-0.3, -0.25) is 5.10 Å². The van der Waals surface area contributed by atoms with Crippen molar-refractivity contribution >= 4 is 21.6 Å². The molecule has 1 aromatic carbocycles. The number of aromatic nitrogens is 3. The first kappa shape index (κ1) is 11.1. The summed E-state index contributed by atoms with van der Waals surface area (Å²) in [5, 5.41) is 10.2. The largest absolute Gasteiger partial charge is 0.385 e. The minimum Gasteiger partial charge on any atom is -0.385 e. The maximum Gasteiger partial charge on any atom is 0.152 e. The summed E-state index contributed by atoms with van der Waals surface area (Å²) >= 11 is 3.40. The molecule has 0 atom stereocenters. The Labute approximate surface area is 103 Å². The molecule has 2 N–H and O–H groups in total. The zero-order chi connectivity index (χ0) is 11.4. The van der Waals surface area contributed by atoms with E-state index in [1.54, 1.807) is 0 Å². The lowest BCUT2D eigenvalue weighted by Crippen LogP contribution is -2.05. The van der Waals surface area contributed by atoms with Crippen LogP contribution in [-0.4, -0.2) is 21.7 Å². The number of hydrogen-bond donors (Lipinski definition) is 2. The van der Waals surface area contributed by atoms with Crippen LogP contribution in [0.3, 0.4) is 0 Å². The molecule has 0 aliphatic rings. The molecule has 0 aliphatic heterocycles. The summed E-state index contributed by atoms with van der Waals surface area (Å²) in [5.41, 5.74) is 1.11. The molecule has 4 nitrogen and oxygen atoms in total. The Hall–Kier alpha value is -1.36. The molecule has 1 heterocycles. The Morgan fingerprint density at radius 3 is 2.69 bits per heavy atom. The number of benzene rings is 1. The van der Waals surface area contributed by atoms with Crippen molar-refractivity contribution in [2.24, 2.45) is 0 Å². The molecule has 0 bridgehead atoms. The first-order chi connectivity index (χ1) is 7.74. The summed E-state index contributed by atoms with van der Waals surface area (Å²) in [4.78, 5) is 4.24. The number of nitrogens with zero attached hydrogens (tertiary/aromatic N) is 2. The van der Waals surface area contributed by atoms with Gasteiger partial charge >= 0.3 is 0 Å². The normalized spacial score (nSPS) is 10.4. The van der Waals surface area contributed by atoms with E-state index in [-0.39, 0.29) is 0 Å². The van der Waals surface area contributed by atoms with E-state index in [1.807, 2.05) is 31.2 Å². The average Bonchev–Trinajstić information content (AvgIpc) is 2.67. The standard InChI is InChI=1S/C11H13BrN4/c1-8-14-11(16-15-8)6-7-13-10-4-2-9(12)3-5-10/h2-5,13H,6-7H2,1H3,(H,14,15,16). The lowest BCUT2D eigenvalue weighted by Gasteiger charge is -2.04. The molecule has 0 aliphatic carbocycles. The molecule has 0 saturated heterocycles. The van der Waals surface area contributed by atoms with Crippen LogP contribution in [0.25, 0.3) is 0 Å². The van der Waals surface area contributed by atoms with E-state index in [0.717, 1.165) is 34.8 Å². The summed E-state index contributed by atoms with van der Waals surface area (Å²) in [5.74, 6) is 1.71. The average molecular weight is 281 g/mol. The smallest absolute Gasteiger partial charge is 0.152 e. The quantitative estimate of drug-likeness (QED) is 0.905. The summed E-state index contributed by atoms with van der Waals surface area (Å²) in [7, 11) is 0.